The van der Waals surface area contributed by atoms with E-state index in [9.17, 15) is 9.90 Å². The molecule has 0 spiro atoms. The van der Waals surface area contributed by atoms with Crippen molar-refractivity contribution >= 4 is 5.91 Å². The lowest BCUT2D eigenvalue weighted by Crippen LogP contribution is -2.34. The highest BCUT2D eigenvalue weighted by molar-refractivity contribution is 5.76. The highest BCUT2D eigenvalue weighted by Crippen LogP contribution is 2.27. The van der Waals surface area contributed by atoms with Crippen LogP contribution in [0.15, 0.2) is 0 Å². The molecule has 1 fully saturated rings. The second-order valence-electron chi connectivity index (χ2n) is 5.95. The number of carbonyl (C=O) groups excluding carboxylic acids is 1. The Balaban J connectivity index is 2.05. The third kappa shape index (κ3) is 7.00. The van der Waals surface area contributed by atoms with Crippen LogP contribution in [0.4, 0.5) is 0 Å². The zero-order valence-electron chi connectivity index (χ0n) is 12.0. The number of carbonyl (C=O) groups is 1. The number of aliphatic hydroxyl groups excluding tert-OH is 1. The topological polar surface area (TPSA) is 49.3 Å². The Kier molecular flexibility index (Phi) is 7.33. The van der Waals surface area contributed by atoms with Crippen LogP contribution in [0.1, 0.15) is 71.6 Å². The smallest absolute Gasteiger partial charge is 0.220 e. The van der Waals surface area contributed by atoms with Gasteiger partial charge >= 0.3 is 0 Å². The molecule has 0 aromatic carbocycles. The average molecular weight is 255 g/mol. The van der Waals surface area contributed by atoms with Gasteiger partial charge in [-0.15, -0.1) is 0 Å². The molecule has 3 nitrogen and oxygen atoms in total. The SMILES string of the molecule is CC(O)CC(C)NC(=O)CCCC1CCCCC1. The van der Waals surface area contributed by atoms with Crippen LogP contribution < -0.4 is 5.32 Å². The van der Waals surface area contributed by atoms with Gasteiger partial charge in [-0.1, -0.05) is 32.1 Å². The molecule has 1 aliphatic carbocycles. The number of nitrogens with one attached hydrogen (secondary N) is 1. The lowest BCUT2D eigenvalue weighted by atomic mass is 9.86. The quantitative estimate of drug-likeness (QED) is 0.734. The molecule has 1 aliphatic rings. The average Bonchev–Trinajstić information content (AvgIpc) is 2.29. The lowest BCUT2D eigenvalue weighted by molar-refractivity contribution is -0.122. The molecule has 1 amide bonds. The van der Waals surface area contributed by atoms with Crippen molar-refractivity contribution < 1.29 is 9.90 Å². The molecule has 0 bridgehead atoms. The molecule has 0 aromatic rings. The zero-order valence-corrected chi connectivity index (χ0v) is 12.0. The van der Waals surface area contributed by atoms with Gasteiger partial charge in [0.1, 0.15) is 0 Å². The molecular formula is C15H29NO2. The van der Waals surface area contributed by atoms with E-state index in [1.807, 2.05) is 6.92 Å². The Morgan fingerprint density at radius 2 is 1.94 bits per heavy atom. The first-order chi connectivity index (χ1) is 8.58. The molecule has 1 saturated carbocycles. The van der Waals surface area contributed by atoms with Crippen molar-refractivity contribution in [3.8, 4) is 0 Å². The van der Waals surface area contributed by atoms with Gasteiger partial charge in [-0.25, -0.2) is 0 Å². The van der Waals surface area contributed by atoms with Crippen LogP contribution in [0.3, 0.4) is 0 Å². The van der Waals surface area contributed by atoms with Crippen molar-refractivity contribution in [2.75, 3.05) is 0 Å². The maximum atomic E-state index is 11.7. The van der Waals surface area contributed by atoms with Crippen molar-refractivity contribution in [1.29, 1.82) is 0 Å². The minimum Gasteiger partial charge on any atom is -0.393 e. The maximum Gasteiger partial charge on any atom is 0.220 e. The second kappa shape index (κ2) is 8.52. The van der Waals surface area contributed by atoms with Gasteiger partial charge < -0.3 is 10.4 Å². The minimum absolute atomic E-state index is 0.0761. The summed E-state index contributed by atoms with van der Waals surface area (Å²) in [5.74, 6) is 1.00. The van der Waals surface area contributed by atoms with Crippen LogP contribution in [0, 0.1) is 5.92 Å². The van der Waals surface area contributed by atoms with E-state index in [4.69, 9.17) is 0 Å². The summed E-state index contributed by atoms with van der Waals surface area (Å²) in [5.41, 5.74) is 0. The molecule has 2 atom stereocenters. The van der Waals surface area contributed by atoms with Gasteiger partial charge in [0.2, 0.25) is 5.91 Å². The molecule has 18 heavy (non-hydrogen) atoms. The number of hydrogen-bond donors (Lipinski definition) is 2. The van der Waals surface area contributed by atoms with Crippen LogP contribution >= 0.6 is 0 Å². The Morgan fingerprint density at radius 1 is 1.28 bits per heavy atom. The van der Waals surface area contributed by atoms with Crippen molar-refractivity contribution in [3.63, 3.8) is 0 Å². The van der Waals surface area contributed by atoms with Gasteiger partial charge in [-0.2, -0.15) is 0 Å². The zero-order chi connectivity index (χ0) is 13.4. The van der Waals surface area contributed by atoms with E-state index >= 15 is 0 Å². The maximum absolute atomic E-state index is 11.7. The van der Waals surface area contributed by atoms with Gasteiger partial charge in [0.05, 0.1) is 6.10 Å². The normalized spacial score (nSPS) is 20.4. The van der Waals surface area contributed by atoms with Gasteiger partial charge in [-0.05, 0) is 39.0 Å². The monoisotopic (exact) mass is 255 g/mol. The third-order valence-electron chi connectivity index (χ3n) is 3.84. The predicted octanol–water partition coefficient (Wildman–Crippen LogP) is 3.01. The van der Waals surface area contributed by atoms with Gasteiger partial charge in [-0.3, -0.25) is 4.79 Å². The summed E-state index contributed by atoms with van der Waals surface area (Å²) < 4.78 is 0. The standard InChI is InChI=1S/C15H29NO2/c1-12(11-13(2)17)16-15(18)10-6-9-14-7-4-3-5-8-14/h12-14,17H,3-11H2,1-2H3,(H,16,18). The predicted molar refractivity (Wildman–Crippen MR) is 74.3 cm³/mol. The van der Waals surface area contributed by atoms with Crippen LogP contribution in [-0.4, -0.2) is 23.2 Å². The Hall–Kier alpha value is -0.570. The van der Waals surface area contributed by atoms with E-state index in [1.54, 1.807) is 6.92 Å². The van der Waals surface area contributed by atoms with Crippen molar-refractivity contribution in [3.05, 3.63) is 0 Å². The first kappa shape index (κ1) is 15.5. The van der Waals surface area contributed by atoms with Crippen LogP contribution in [0.5, 0.6) is 0 Å². The largest absolute Gasteiger partial charge is 0.393 e. The summed E-state index contributed by atoms with van der Waals surface area (Å²) in [6.45, 7) is 3.71. The number of hydrogen-bond acceptors (Lipinski definition) is 2. The van der Waals surface area contributed by atoms with E-state index in [0.29, 0.717) is 12.8 Å². The molecule has 0 aliphatic heterocycles. The first-order valence-corrected chi connectivity index (χ1v) is 7.55. The highest BCUT2D eigenvalue weighted by atomic mass is 16.3. The summed E-state index contributed by atoms with van der Waals surface area (Å²) in [6.07, 6.45) is 10.0. The molecule has 0 radical (unpaired) electrons. The fraction of sp³-hybridized carbons (Fsp3) is 0.933. The minimum atomic E-state index is -0.345. The van der Waals surface area contributed by atoms with Crippen LogP contribution in [-0.2, 0) is 4.79 Å². The van der Waals surface area contributed by atoms with Crippen molar-refractivity contribution in [2.24, 2.45) is 5.92 Å². The highest BCUT2D eigenvalue weighted by Gasteiger charge is 2.14. The molecule has 2 N–H and O–H groups in total. The van der Waals surface area contributed by atoms with Gasteiger partial charge in [0.15, 0.2) is 0 Å². The van der Waals surface area contributed by atoms with Crippen LogP contribution in [0.25, 0.3) is 0 Å². The third-order valence-corrected chi connectivity index (χ3v) is 3.84. The molecular weight excluding hydrogens is 226 g/mol. The first-order valence-electron chi connectivity index (χ1n) is 7.55. The Bertz CT molecular complexity index is 235. The van der Waals surface area contributed by atoms with E-state index in [1.165, 1.54) is 38.5 Å². The molecule has 0 aromatic heterocycles. The number of rotatable bonds is 7. The van der Waals surface area contributed by atoms with Crippen LogP contribution in [0.2, 0.25) is 0 Å². The molecule has 0 heterocycles. The van der Waals surface area contributed by atoms with E-state index in [-0.39, 0.29) is 18.1 Å². The van der Waals surface area contributed by atoms with Gasteiger partial charge in [0, 0.05) is 12.5 Å². The number of amides is 1. The summed E-state index contributed by atoms with van der Waals surface area (Å²) in [6, 6.07) is 0.0761. The molecule has 1 rings (SSSR count). The lowest BCUT2D eigenvalue weighted by Gasteiger charge is -2.21. The summed E-state index contributed by atoms with van der Waals surface area (Å²) >= 11 is 0. The summed E-state index contributed by atoms with van der Waals surface area (Å²) in [5, 5.41) is 12.2. The number of aliphatic hydroxyl groups is 1. The van der Waals surface area contributed by atoms with E-state index in [0.717, 1.165) is 12.3 Å². The van der Waals surface area contributed by atoms with Crippen molar-refractivity contribution in [2.45, 2.75) is 83.8 Å². The van der Waals surface area contributed by atoms with E-state index in [2.05, 4.69) is 5.32 Å². The fourth-order valence-corrected chi connectivity index (χ4v) is 2.94. The van der Waals surface area contributed by atoms with Gasteiger partial charge in [0.25, 0.3) is 0 Å². The van der Waals surface area contributed by atoms with Crippen molar-refractivity contribution in [1.82, 2.24) is 5.32 Å². The molecule has 2 unspecified atom stereocenters. The Labute approximate surface area is 111 Å². The van der Waals surface area contributed by atoms with E-state index < -0.39 is 0 Å². The second-order valence-corrected chi connectivity index (χ2v) is 5.95. The summed E-state index contributed by atoms with van der Waals surface area (Å²) in [4.78, 5) is 11.7. The molecule has 3 heteroatoms. The molecule has 106 valence electrons. The summed E-state index contributed by atoms with van der Waals surface area (Å²) in [7, 11) is 0. The Morgan fingerprint density at radius 3 is 2.56 bits per heavy atom. The molecule has 0 saturated heterocycles. The fourth-order valence-electron chi connectivity index (χ4n) is 2.94.